The topological polar surface area (TPSA) is 90.0 Å². The molecule has 18 heavy (non-hydrogen) atoms. The third-order valence-electron chi connectivity index (χ3n) is 2.66. The lowest BCUT2D eigenvalue weighted by Gasteiger charge is -2.07. The quantitative estimate of drug-likeness (QED) is 0.789. The number of nitrogens with two attached hydrogens (primary N) is 1. The molecule has 0 saturated heterocycles. The summed E-state index contributed by atoms with van der Waals surface area (Å²) in [5.74, 6) is 0.839. The van der Waals surface area contributed by atoms with Crippen molar-refractivity contribution in [3.8, 4) is 0 Å². The molecule has 98 valence electrons. The molecule has 2 aromatic rings. The Kier molecular flexibility index (Phi) is 3.27. The molecule has 0 saturated carbocycles. The van der Waals surface area contributed by atoms with Crippen LogP contribution in [0.3, 0.4) is 0 Å². The molecule has 7 heteroatoms. The first kappa shape index (κ1) is 12.8. The molecule has 1 aromatic heterocycles. The number of nitrogen functional groups attached to an aromatic ring is 1. The molecule has 0 amide bonds. The van der Waals surface area contributed by atoms with Crippen LogP contribution < -0.4 is 10.5 Å². The Morgan fingerprint density at radius 3 is 2.83 bits per heavy atom. The lowest BCUT2D eigenvalue weighted by molar-refractivity contribution is 0.578. The molecular weight excluding hydrogens is 252 g/mol. The molecule has 0 aliphatic rings. The third kappa shape index (κ3) is 2.80. The summed E-state index contributed by atoms with van der Waals surface area (Å²) in [5, 5.41) is 0. The minimum absolute atomic E-state index is 0.343. The molecule has 0 unspecified atom stereocenters. The SMILES string of the molecule is Cc1nc2cc(N)ccc2n1CCNS(C)(=O)=O. The van der Waals surface area contributed by atoms with E-state index < -0.39 is 10.0 Å². The molecular formula is C11H16N4O2S. The molecule has 0 bridgehead atoms. The minimum atomic E-state index is -3.15. The van der Waals surface area contributed by atoms with Gasteiger partial charge in [-0.05, 0) is 25.1 Å². The predicted octanol–water partition coefficient (Wildman–Crippen LogP) is 0.476. The average molecular weight is 268 g/mol. The van der Waals surface area contributed by atoms with E-state index in [1.165, 1.54) is 0 Å². The number of fused-ring (bicyclic) bond motifs is 1. The number of rotatable bonds is 4. The van der Waals surface area contributed by atoms with E-state index in [4.69, 9.17) is 5.73 Å². The third-order valence-corrected chi connectivity index (χ3v) is 3.39. The summed E-state index contributed by atoms with van der Waals surface area (Å²) < 4.78 is 26.4. The van der Waals surface area contributed by atoms with Gasteiger partial charge < -0.3 is 10.3 Å². The van der Waals surface area contributed by atoms with Crippen molar-refractivity contribution in [3.63, 3.8) is 0 Å². The number of anilines is 1. The Morgan fingerprint density at radius 1 is 1.44 bits per heavy atom. The van der Waals surface area contributed by atoms with E-state index >= 15 is 0 Å². The second kappa shape index (κ2) is 4.58. The van der Waals surface area contributed by atoms with Crippen LogP contribution in [0, 0.1) is 6.92 Å². The lowest BCUT2D eigenvalue weighted by atomic mass is 10.3. The van der Waals surface area contributed by atoms with E-state index in [1.807, 2.05) is 29.7 Å². The minimum Gasteiger partial charge on any atom is -0.399 e. The Morgan fingerprint density at radius 2 is 2.17 bits per heavy atom. The number of sulfonamides is 1. The van der Waals surface area contributed by atoms with Gasteiger partial charge in [0.05, 0.1) is 17.3 Å². The van der Waals surface area contributed by atoms with Crippen LogP contribution in [0.25, 0.3) is 11.0 Å². The van der Waals surface area contributed by atoms with Gasteiger partial charge in [-0.25, -0.2) is 18.1 Å². The van der Waals surface area contributed by atoms with Crippen molar-refractivity contribution in [2.45, 2.75) is 13.5 Å². The summed E-state index contributed by atoms with van der Waals surface area (Å²) in [7, 11) is -3.15. The standard InChI is InChI=1S/C11H16N4O2S/c1-8-14-10-7-9(12)3-4-11(10)15(8)6-5-13-18(2,16)17/h3-4,7,13H,5-6,12H2,1-2H3. The van der Waals surface area contributed by atoms with Crippen LogP contribution in [0.2, 0.25) is 0 Å². The second-order valence-corrected chi connectivity index (χ2v) is 6.06. The number of hydrogen-bond donors (Lipinski definition) is 2. The first-order valence-corrected chi connectivity index (χ1v) is 7.43. The van der Waals surface area contributed by atoms with Crippen molar-refractivity contribution >= 4 is 26.7 Å². The Hall–Kier alpha value is -1.60. The number of hydrogen-bond acceptors (Lipinski definition) is 4. The smallest absolute Gasteiger partial charge is 0.208 e. The maximum absolute atomic E-state index is 11.0. The molecule has 6 nitrogen and oxygen atoms in total. The van der Waals surface area contributed by atoms with E-state index in [1.54, 1.807) is 0 Å². The fourth-order valence-corrected chi connectivity index (χ4v) is 2.35. The van der Waals surface area contributed by atoms with Crippen LogP contribution >= 0.6 is 0 Å². The van der Waals surface area contributed by atoms with Gasteiger partial charge in [0.15, 0.2) is 0 Å². The molecule has 1 aromatic carbocycles. The highest BCUT2D eigenvalue weighted by molar-refractivity contribution is 7.88. The zero-order chi connectivity index (χ0) is 13.3. The molecule has 0 spiro atoms. The molecule has 0 fully saturated rings. The van der Waals surface area contributed by atoms with E-state index in [0.717, 1.165) is 23.1 Å². The zero-order valence-electron chi connectivity index (χ0n) is 10.3. The number of aromatic nitrogens is 2. The van der Waals surface area contributed by atoms with Crippen molar-refractivity contribution < 1.29 is 8.42 Å². The van der Waals surface area contributed by atoms with Crippen LogP contribution in [0.4, 0.5) is 5.69 Å². The highest BCUT2D eigenvalue weighted by Crippen LogP contribution is 2.18. The summed E-state index contributed by atoms with van der Waals surface area (Å²) in [5.41, 5.74) is 8.15. The summed E-state index contributed by atoms with van der Waals surface area (Å²) in [6, 6.07) is 5.51. The number of benzene rings is 1. The first-order valence-electron chi connectivity index (χ1n) is 5.54. The van der Waals surface area contributed by atoms with Gasteiger partial charge in [-0.15, -0.1) is 0 Å². The number of aryl methyl sites for hydroxylation is 1. The van der Waals surface area contributed by atoms with Gasteiger partial charge in [0.2, 0.25) is 10.0 Å². The van der Waals surface area contributed by atoms with Gasteiger partial charge in [0.1, 0.15) is 5.82 Å². The van der Waals surface area contributed by atoms with Crippen LogP contribution in [-0.4, -0.2) is 30.8 Å². The Balaban J connectivity index is 2.25. The predicted molar refractivity (Wildman–Crippen MR) is 71.7 cm³/mol. The maximum atomic E-state index is 11.0. The number of imidazole rings is 1. The van der Waals surface area contributed by atoms with Crippen LogP contribution in [0.15, 0.2) is 18.2 Å². The molecule has 2 rings (SSSR count). The van der Waals surface area contributed by atoms with Crippen molar-refractivity contribution in [2.75, 3.05) is 18.5 Å². The second-order valence-electron chi connectivity index (χ2n) is 4.23. The van der Waals surface area contributed by atoms with Gasteiger partial charge in [-0.1, -0.05) is 0 Å². The monoisotopic (exact) mass is 268 g/mol. The van der Waals surface area contributed by atoms with Gasteiger partial charge in [-0.2, -0.15) is 0 Å². The van der Waals surface area contributed by atoms with Gasteiger partial charge in [0.25, 0.3) is 0 Å². The Labute approximate surface area is 106 Å². The largest absolute Gasteiger partial charge is 0.399 e. The summed E-state index contributed by atoms with van der Waals surface area (Å²) in [6.07, 6.45) is 1.15. The molecule has 0 atom stereocenters. The van der Waals surface area contributed by atoms with E-state index in [0.29, 0.717) is 18.8 Å². The van der Waals surface area contributed by atoms with E-state index in [9.17, 15) is 8.42 Å². The van der Waals surface area contributed by atoms with Crippen molar-refractivity contribution in [1.29, 1.82) is 0 Å². The van der Waals surface area contributed by atoms with Crippen LogP contribution in [0.5, 0.6) is 0 Å². The van der Waals surface area contributed by atoms with Gasteiger partial charge in [-0.3, -0.25) is 0 Å². The van der Waals surface area contributed by atoms with Crippen molar-refractivity contribution in [2.24, 2.45) is 0 Å². The molecule has 0 aliphatic carbocycles. The highest BCUT2D eigenvalue weighted by Gasteiger charge is 2.08. The number of nitrogens with one attached hydrogen (secondary N) is 1. The summed E-state index contributed by atoms with van der Waals surface area (Å²) in [4.78, 5) is 4.39. The normalized spacial score (nSPS) is 12.1. The maximum Gasteiger partial charge on any atom is 0.208 e. The lowest BCUT2D eigenvalue weighted by Crippen LogP contribution is -2.26. The first-order chi connectivity index (χ1) is 8.37. The fourth-order valence-electron chi connectivity index (χ4n) is 1.89. The molecule has 1 heterocycles. The van der Waals surface area contributed by atoms with Gasteiger partial charge >= 0.3 is 0 Å². The molecule has 0 radical (unpaired) electrons. The summed E-state index contributed by atoms with van der Waals surface area (Å²) in [6.45, 7) is 2.77. The molecule has 0 aliphatic heterocycles. The zero-order valence-corrected chi connectivity index (χ0v) is 11.2. The van der Waals surface area contributed by atoms with Crippen LogP contribution in [0.1, 0.15) is 5.82 Å². The van der Waals surface area contributed by atoms with Crippen LogP contribution in [-0.2, 0) is 16.6 Å². The molecule has 3 N–H and O–H groups in total. The van der Waals surface area contributed by atoms with E-state index in [-0.39, 0.29) is 0 Å². The highest BCUT2D eigenvalue weighted by atomic mass is 32.2. The fraction of sp³-hybridized carbons (Fsp3) is 0.364. The average Bonchev–Trinajstić information content (AvgIpc) is 2.52. The Bertz CT molecular complexity index is 676. The number of nitrogens with zero attached hydrogens (tertiary/aromatic N) is 2. The van der Waals surface area contributed by atoms with E-state index in [2.05, 4.69) is 9.71 Å². The van der Waals surface area contributed by atoms with Crippen molar-refractivity contribution in [3.05, 3.63) is 24.0 Å². The summed E-state index contributed by atoms with van der Waals surface area (Å²) >= 11 is 0. The van der Waals surface area contributed by atoms with Gasteiger partial charge in [0, 0.05) is 18.8 Å². The van der Waals surface area contributed by atoms with Crippen molar-refractivity contribution in [1.82, 2.24) is 14.3 Å².